The molecule has 0 unspecified atom stereocenters. The summed E-state index contributed by atoms with van der Waals surface area (Å²) in [5.41, 5.74) is -0.0175. The van der Waals surface area contributed by atoms with Gasteiger partial charge in [0, 0.05) is 0 Å². The second-order valence-corrected chi connectivity index (χ2v) is 3.51. The maximum Gasteiger partial charge on any atom is 0.573 e. The van der Waals surface area contributed by atoms with Crippen LogP contribution in [0, 0.1) is 11.3 Å². The van der Waals surface area contributed by atoms with Crippen LogP contribution in [0.25, 0.3) is 0 Å². The number of hydrogen-bond acceptors (Lipinski definition) is 4. The molecule has 0 bridgehead atoms. The Hall–Kier alpha value is -2.23. The monoisotopic (exact) mass is 273 g/mol. The number of halogens is 3. The molecule has 19 heavy (non-hydrogen) atoms. The van der Waals surface area contributed by atoms with E-state index in [1.807, 2.05) is 0 Å². The highest BCUT2D eigenvalue weighted by atomic mass is 19.4. The Kier molecular flexibility index (Phi) is 4.38. The number of nitrogens with zero attached hydrogens (tertiary/aromatic N) is 1. The zero-order chi connectivity index (χ0) is 14.6. The lowest BCUT2D eigenvalue weighted by Crippen LogP contribution is -2.18. The van der Waals surface area contributed by atoms with Crippen LogP contribution in [0.2, 0.25) is 0 Å². The molecule has 0 N–H and O–H groups in total. The molecule has 0 radical (unpaired) electrons. The van der Waals surface area contributed by atoms with Gasteiger partial charge in [-0.25, -0.2) is 4.79 Å². The van der Waals surface area contributed by atoms with Gasteiger partial charge >= 0.3 is 12.3 Å². The lowest BCUT2D eigenvalue weighted by atomic mass is 10.0. The fourth-order valence-corrected chi connectivity index (χ4v) is 1.51. The molecule has 0 amide bonds. The Morgan fingerprint density at radius 2 is 2.05 bits per heavy atom. The fourth-order valence-electron chi connectivity index (χ4n) is 1.51. The highest BCUT2D eigenvalue weighted by Gasteiger charge is 2.32. The number of nitriles is 1. The van der Waals surface area contributed by atoms with E-state index < -0.39 is 18.1 Å². The third-order valence-electron chi connectivity index (χ3n) is 2.34. The predicted molar refractivity (Wildman–Crippen MR) is 58.6 cm³/mol. The zero-order valence-electron chi connectivity index (χ0n) is 10.2. The number of hydrogen-bond donors (Lipinski definition) is 0. The molecule has 0 aliphatic rings. The quantitative estimate of drug-likeness (QED) is 0.794. The third-order valence-corrected chi connectivity index (χ3v) is 2.34. The van der Waals surface area contributed by atoms with Gasteiger partial charge < -0.3 is 9.47 Å². The number of carbonyl (C=O) groups excluding carboxylic acids is 1. The third kappa shape index (κ3) is 3.61. The van der Waals surface area contributed by atoms with Gasteiger partial charge in [0.25, 0.3) is 0 Å². The average molecular weight is 273 g/mol. The van der Waals surface area contributed by atoms with Crippen LogP contribution in [0.3, 0.4) is 0 Å². The molecule has 0 spiro atoms. The van der Waals surface area contributed by atoms with Gasteiger partial charge in [-0.15, -0.1) is 13.2 Å². The molecule has 1 aromatic carbocycles. The first-order valence-corrected chi connectivity index (χ1v) is 5.23. The number of alkyl halides is 3. The Labute approximate surface area is 107 Å². The summed E-state index contributed by atoms with van der Waals surface area (Å²) in [4.78, 5) is 11.5. The maximum absolute atomic E-state index is 12.2. The van der Waals surface area contributed by atoms with Gasteiger partial charge in [0.05, 0.1) is 18.2 Å². The Balaban J connectivity index is 3.36. The van der Waals surface area contributed by atoms with Gasteiger partial charge in [-0.3, -0.25) is 0 Å². The standard InChI is InChI=1S/C12H10F3NO3/c1-3-7-5-10(19-12(13,14)15)8(6-16)4-9(7)11(17)18-2/h4-5H,3H2,1-2H3. The largest absolute Gasteiger partial charge is 0.573 e. The second-order valence-electron chi connectivity index (χ2n) is 3.51. The number of benzene rings is 1. The molecule has 0 aromatic heterocycles. The summed E-state index contributed by atoms with van der Waals surface area (Å²) >= 11 is 0. The lowest BCUT2D eigenvalue weighted by Gasteiger charge is -2.13. The van der Waals surface area contributed by atoms with Crippen LogP contribution in [0.1, 0.15) is 28.4 Å². The topological polar surface area (TPSA) is 59.3 Å². The summed E-state index contributed by atoms with van der Waals surface area (Å²) in [7, 11) is 1.15. The first kappa shape index (κ1) is 14.8. The fraction of sp³-hybridized carbons (Fsp3) is 0.333. The molecule has 1 aromatic rings. The predicted octanol–water partition coefficient (Wildman–Crippen LogP) is 2.81. The van der Waals surface area contributed by atoms with Crippen molar-refractivity contribution in [3.63, 3.8) is 0 Å². The Morgan fingerprint density at radius 3 is 2.47 bits per heavy atom. The van der Waals surface area contributed by atoms with Crippen LogP contribution < -0.4 is 4.74 Å². The van der Waals surface area contributed by atoms with Crippen LogP contribution in [-0.2, 0) is 11.2 Å². The molecule has 0 aliphatic carbocycles. The number of methoxy groups -OCH3 is 1. The van der Waals surface area contributed by atoms with Crippen LogP contribution in [0.4, 0.5) is 13.2 Å². The molecule has 0 saturated carbocycles. The normalized spacial score (nSPS) is 10.7. The molecule has 0 saturated heterocycles. The SMILES string of the molecule is CCc1cc(OC(F)(F)F)c(C#N)cc1C(=O)OC. The van der Waals surface area contributed by atoms with E-state index in [9.17, 15) is 18.0 Å². The van der Waals surface area contributed by atoms with Crippen LogP contribution >= 0.6 is 0 Å². The number of aryl methyl sites for hydroxylation is 1. The first-order chi connectivity index (χ1) is 8.82. The smallest absolute Gasteiger partial charge is 0.465 e. The first-order valence-electron chi connectivity index (χ1n) is 5.23. The van der Waals surface area contributed by atoms with Crippen LogP contribution in [0.5, 0.6) is 5.75 Å². The van der Waals surface area contributed by atoms with E-state index in [0.717, 1.165) is 19.2 Å². The summed E-state index contributed by atoms with van der Waals surface area (Å²) in [5, 5.41) is 8.81. The molecular weight excluding hydrogens is 263 g/mol. The van der Waals surface area contributed by atoms with Crippen LogP contribution in [0.15, 0.2) is 12.1 Å². The van der Waals surface area contributed by atoms with Crippen LogP contribution in [-0.4, -0.2) is 19.4 Å². The average Bonchev–Trinajstić information content (AvgIpc) is 2.35. The molecule has 0 fully saturated rings. The molecule has 7 heteroatoms. The number of rotatable bonds is 3. The molecule has 1 rings (SSSR count). The molecule has 0 aliphatic heterocycles. The van der Waals surface area contributed by atoms with Gasteiger partial charge in [0.2, 0.25) is 0 Å². The minimum absolute atomic E-state index is 0.0519. The van der Waals surface area contributed by atoms with Crippen molar-refractivity contribution in [1.82, 2.24) is 0 Å². The molecule has 102 valence electrons. The maximum atomic E-state index is 12.2. The van der Waals surface area contributed by atoms with Gasteiger partial charge in [-0.1, -0.05) is 6.92 Å². The van der Waals surface area contributed by atoms with E-state index in [0.29, 0.717) is 12.0 Å². The summed E-state index contributed by atoms with van der Waals surface area (Å²) in [6.45, 7) is 1.66. The van der Waals surface area contributed by atoms with Gasteiger partial charge in [-0.05, 0) is 24.1 Å². The minimum Gasteiger partial charge on any atom is -0.465 e. The zero-order valence-corrected chi connectivity index (χ0v) is 10.2. The van der Waals surface area contributed by atoms with Gasteiger partial charge in [-0.2, -0.15) is 5.26 Å². The summed E-state index contributed by atoms with van der Waals surface area (Å²) in [6.07, 6.45) is -4.60. The van der Waals surface area contributed by atoms with Crippen molar-refractivity contribution in [3.05, 3.63) is 28.8 Å². The molecular formula is C12H10F3NO3. The summed E-state index contributed by atoms with van der Waals surface area (Å²) in [5.74, 6) is -1.34. The van der Waals surface area contributed by atoms with Crippen molar-refractivity contribution in [2.45, 2.75) is 19.7 Å². The van der Waals surface area contributed by atoms with Crippen molar-refractivity contribution in [2.24, 2.45) is 0 Å². The van der Waals surface area contributed by atoms with Gasteiger partial charge in [0.15, 0.2) is 0 Å². The number of ether oxygens (including phenoxy) is 2. The molecule has 0 atom stereocenters. The summed E-state index contributed by atoms with van der Waals surface area (Å²) < 4.78 is 44.9. The second kappa shape index (κ2) is 5.61. The van der Waals surface area contributed by atoms with Gasteiger partial charge in [0.1, 0.15) is 11.8 Å². The van der Waals surface area contributed by atoms with Crippen molar-refractivity contribution in [1.29, 1.82) is 5.26 Å². The van der Waals surface area contributed by atoms with Crippen molar-refractivity contribution in [2.75, 3.05) is 7.11 Å². The van der Waals surface area contributed by atoms with E-state index in [1.54, 1.807) is 13.0 Å². The molecule has 4 nitrogen and oxygen atoms in total. The highest BCUT2D eigenvalue weighted by Crippen LogP contribution is 2.29. The summed E-state index contributed by atoms with van der Waals surface area (Å²) in [6, 6.07) is 3.62. The highest BCUT2D eigenvalue weighted by molar-refractivity contribution is 5.92. The Morgan fingerprint density at radius 1 is 1.42 bits per heavy atom. The van der Waals surface area contributed by atoms with E-state index in [4.69, 9.17) is 5.26 Å². The van der Waals surface area contributed by atoms with Crippen molar-refractivity contribution < 1.29 is 27.4 Å². The van der Waals surface area contributed by atoms with E-state index >= 15 is 0 Å². The van der Waals surface area contributed by atoms with Crippen molar-refractivity contribution >= 4 is 5.97 Å². The van der Waals surface area contributed by atoms with E-state index in [1.165, 1.54) is 0 Å². The Bertz CT molecular complexity index is 532. The number of esters is 1. The van der Waals surface area contributed by atoms with Crippen molar-refractivity contribution in [3.8, 4) is 11.8 Å². The minimum atomic E-state index is -4.90. The number of carbonyl (C=O) groups is 1. The molecule has 0 heterocycles. The van der Waals surface area contributed by atoms with E-state index in [2.05, 4.69) is 9.47 Å². The van der Waals surface area contributed by atoms with E-state index in [-0.39, 0.29) is 11.1 Å². The lowest BCUT2D eigenvalue weighted by molar-refractivity contribution is -0.274.